The number of nitrogens with one attached hydrogen (secondary N) is 2. The minimum atomic E-state index is -0.512. The molecule has 1 unspecified atom stereocenters. The topological polar surface area (TPSA) is 67.4 Å². The lowest BCUT2D eigenvalue weighted by Gasteiger charge is -2.28. The van der Waals surface area contributed by atoms with Gasteiger partial charge in [-0.2, -0.15) is 0 Å². The van der Waals surface area contributed by atoms with Crippen LogP contribution in [0.4, 0.5) is 4.79 Å². The van der Waals surface area contributed by atoms with Gasteiger partial charge in [-0.1, -0.05) is 41.9 Å². The van der Waals surface area contributed by atoms with Crippen LogP contribution in [-0.4, -0.2) is 18.6 Å². The van der Waals surface area contributed by atoms with Crippen molar-refractivity contribution in [3.63, 3.8) is 0 Å². The first kappa shape index (κ1) is 16.5. The summed E-state index contributed by atoms with van der Waals surface area (Å²) in [6.07, 6.45) is 0. The monoisotopic (exact) mass is 366 g/mol. The number of esters is 1. The van der Waals surface area contributed by atoms with Gasteiger partial charge in [-0.05, 0) is 30.5 Å². The van der Waals surface area contributed by atoms with E-state index < -0.39 is 12.0 Å². The van der Waals surface area contributed by atoms with Crippen molar-refractivity contribution in [2.45, 2.75) is 26.8 Å². The molecular formula is C16H19BrN2O3. The largest absolute Gasteiger partial charge is 0.462 e. The highest BCUT2D eigenvalue weighted by Gasteiger charge is 2.32. The molecule has 5 nitrogen and oxygen atoms in total. The zero-order valence-electron chi connectivity index (χ0n) is 12.8. The summed E-state index contributed by atoms with van der Waals surface area (Å²) in [7, 11) is 0. The molecule has 1 aliphatic rings. The lowest BCUT2D eigenvalue weighted by Crippen LogP contribution is -2.45. The molecule has 118 valence electrons. The van der Waals surface area contributed by atoms with Gasteiger partial charge in [-0.15, -0.1) is 0 Å². The number of carbonyl (C=O) groups excluding carboxylic acids is 2. The van der Waals surface area contributed by atoms with Crippen LogP contribution in [0.2, 0.25) is 0 Å². The lowest BCUT2D eigenvalue weighted by atomic mass is 9.95. The standard InChI is InChI=1S/C16H19BrN2O3/c1-9(2)8-22-15(20)13-10(3)18-16(21)19-14(13)11-4-6-12(17)7-5-11/h4-7,9,14H,8H2,1-3H3,(H2,18,19,21). The number of amides is 2. The molecule has 1 atom stereocenters. The van der Waals surface area contributed by atoms with Gasteiger partial charge in [0, 0.05) is 10.2 Å². The third kappa shape index (κ3) is 3.88. The molecule has 2 N–H and O–H groups in total. The van der Waals surface area contributed by atoms with Crippen molar-refractivity contribution in [3.05, 3.63) is 45.6 Å². The number of ether oxygens (including phenoxy) is 1. The Morgan fingerprint density at radius 2 is 1.95 bits per heavy atom. The van der Waals surface area contributed by atoms with Crippen molar-refractivity contribution >= 4 is 27.9 Å². The summed E-state index contributed by atoms with van der Waals surface area (Å²) in [5.74, 6) is -0.159. The Labute approximate surface area is 138 Å². The fourth-order valence-corrected chi connectivity index (χ4v) is 2.45. The van der Waals surface area contributed by atoms with E-state index in [-0.39, 0.29) is 11.9 Å². The van der Waals surface area contributed by atoms with E-state index in [2.05, 4.69) is 26.6 Å². The number of carbonyl (C=O) groups is 2. The first-order valence-corrected chi connectivity index (χ1v) is 7.88. The Hall–Kier alpha value is -1.82. The summed E-state index contributed by atoms with van der Waals surface area (Å²) in [5.41, 5.74) is 1.78. The molecule has 22 heavy (non-hydrogen) atoms. The van der Waals surface area contributed by atoms with Crippen molar-refractivity contribution in [2.75, 3.05) is 6.61 Å². The maximum absolute atomic E-state index is 12.4. The van der Waals surface area contributed by atoms with Crippen molar-refractivity contribution in [1.29, 1.82) is 0 Å². The summed E-state index contributed by atoms with van der Waals surface area (Å²) in [6, 6.07) is 6.63. The van der Waals surface area contributed by atoms with Crippen LogP contribution >= 0.6 is 15.9 Å². The van der Waals surface area contributed by atoms with Crippen molar-refractivity contribution in [2.24, 2.45) is 5.92 Å². The van der Waals surface area contributed by atoms with Gasteiger partial charge in [0.15, 0.2) is 0 Å². The summed E-state index contributed by atoms with van der Waals surface area (Å²) in [5, 5.41) is 5.41. The van der Waals surface area contributed by atoms with E-state index in [1.807, 2.05) is 38.1 Å². The molecule has 0 radical (unpaired) electrons. The SMILES string of the molecule is CC1=C(C(=O)OCC(C)C)C(c2ccc(Br)cc2)NC(=O)N1. The van der Waals surface area contributed by atoms with Gasteiger partial charge >= 0.3 is 12.0 Å². The fourth-order valence-electron chi connectivity index (χ4n) is 2.19. The molecule has 2 amide bonds. The molecule has 0 fully saturated rings. The minimum absolute atomic E-state index is 0.252. The van der Waals surface area contributed by atoms with E-state index in [9.17, 15) is 9.59 Å². The fraction of sp³-hybridized carbons (Fsp3) is 0.375. The normalized spacial score (nSPS) is 18.0. The quantitative estimate of drug-likeness (QED) is 0.803. The summed E-state index contributed by atoms with van der Waals surface area (Å²) >= 11 is 3.37. The van der Waals surface area contributed by atoms with Crippen LogP contribution < -0.4 is 10.6 Å². The highest BCUT2D eigenvalue weighted by atomic mass is 79.9. The Morgan fingerprint density at radius 3 is 2.55 bits per heavy atom. The minimum Gasteiger partial charge on any atom is -0.462 e. The van der Waals surface area contributed by atoms with E-state index in [0.717, 1.165) is 10.0 Å². The molecular weight excluding hydrogens is 348 g/mol. The van der Waals surface area contributed by atoms with Gasteiger partial charge in [0.05, 0.1) is 18.2 Å². The van der Waals surface area contributed by atoms with E-state index in [1.165, 1.54) is 0 Å². The smallest absolute Gasteiger partial charge is 0.338 e. The van der Waals surface area contributed by atoms with Crippen LogP contribution in [0.3, 0.4) is 0 Å². The number of rotatable bonds is 4. The van der Waals surface area contributed by atoms with Gasteiger partial charge < -0.3 is 15.4 Å². The van der Waals surface area contributed by atoms with Gasteiger partial charge in [0.2, 0.25) is 0 Å². The number of urea groups is 1. The number of hydrogen-bond donors (Lipinski definition) is 2. The number of halogens is 1. The van der Waals surface area contributed by atoms with E-state index in [0.29, 0.717) is 17.9 Å². The number of benzene rings is 1. The van der Waals surface area contributed by atoms with Gasteiger partial charge in [-0.3, -0.25) is 0 Å². The maximum atomic E-state index is 12.4. The second-order valence-electron chi connectivity index (χ2n) is 5.61. The van der Waals surface area contributed by atoms with Crippen LogP contribution in [0.5, 0.6) is 0 Å². The second kappa shape index (κ2) is 6.96. The molecule has 0 spiro atoms. The third-order valence-corrected chi connectivity index (χ3v) is 3.77. The molecule has 2 rings (SSSR count). The molecule has 0 saturated carbocycles. The summed E-state index contributed by atoms with van der Waals surface area (Å²) in [6.45, 7) is 6.00. The number of allylic oxidation sites excluding steroid dienone is 1. The summed E-state index contributed by atoms with van der Waals surface area (Å²) in [4.78, 5) is 24.1. The first-order valence-electron chi connectivity index (χ1n) is 7.09. The average molecular weight is 367 g/mol. The van der Waals surface area contributed by atoms with Crippen LogP contribution in [0.15, 0.2) is 40.0 Å². The van der Waals surface area contributed by atoms with Crippen LogP contribution in [0.1, 0.15) is 32.4 Å². The Bertz CT molecular complexity index is 608. The second-order valence-corrected chi connectivity index (χ2v) is 6.53. The molecule has 0 bridgehead atoms. The lowest BCUT2D eigenvalue weighted by molar-refractivity contribution is -0.140. The van der Waals surface area contributed by atoms with E-state index >= 15 is 0 Å². The third-order valence-electron chi connectivity index (χ3n) is 3.24. The molecule has 0 saturated heterocycles. The molecule has 1 heterocycles. The zero-order valence-corrected chi connectivity index (χ0v) is 14.4. The predicted molar refractivity (Wildman–Crippen MR) is 87.0 cm³/mol. The molecule has 1 aromatic rings. The highest BCUT2D eigenvalue weighted by Crippen LogP contribution is 2.28. The van der Waals surface area contributed by atoms with E-state index in [4.69, 9.17) is 4.74 Å². The average Bonchev–Trinajstić information content (AvgIpc) is 2.44. The van der Waals surface area contributed by atoms with Gasteiger partial charge in [0.1, 0.15) is 0 Å². The van der Waals surface area contributed by atoms with Crippen LogP contribution in [-0.2, 0) is 9.53 Å². The zero-order chi connectivity index (χ0) is 16.3. The van der Waals surface area contributed by atoms with E-state index in [1.54, 1.807) is 6.92 Å². The molecule has 0 aliphatic carbocycles. The number of hydrogen-bond acceptors (Lipinski definition) is 3. The molecule has 6 heteroatoms. The van der Waals surface area contributed by atoms with Crippen molar-refractivity contribution < 1.29 is 14.3 Å². The highest BCUT2D eigenvalue weighted by molar-refractivity contribution is 9.10. The van der Waals surface area contributed by atoms with Crippen molar-refractivity contribution in [1.82, 2.24) is 10.6 Å². The Morgan fingerprint density at radius 1 is 1.32 bits per heavy atom. The van der Waals surface area contributed by atoms with Gasteiger partial charge in [0.25, 0.3) is 0 Å². The Balaban J connectivity index is 2.32. The molecule has 0 aromatic heterocycles. The predicted octanol–water partition coefficient (Wildman–Crippen LogP) is 3.28. The Kier molecular flexibility index (Phi) is 5.24. The molecule has 1 aliphatic heterocycles. The van der Waals surface area contributed by atoms with Crippen LogP contribution in [0.25, 0.3) is 0 Å². The first-order chi connectivity index (χ1) is 10.4. The van der Waals surface area contributed by atoms with Crippen LogP contribution in [0, 0.1) is 5.92 Å². The van der Waals surface area contributed by atoms with Gasteiger partial charge in [-0.25, -0.2) is 9.59 Å². The maximum Gasteiger partial charge on any atom is 0.338 e. The van der Waals surface area contributed by atoms with Crippen molar-refractivity contribution in [3.8, 4) is 0 Å². The summed E-state index contributed by atoms with van der Waals surface area (Å²) < 4.78 is 6.26. The molecule has 1 aromatic carbocycles.